The molecule has 0 aromatic heterocycles. The molecule has 2 N–H and O–H groups in total. The van der Waals surface area contributed by atoms with E-state index in [0.29, 0.717) is 6.61 Å². The Balaban J connectivity index is 1.83. The standard InChI is InChI=1S/C18H21IN2O2/c1-12-5-4-6-13(2)17(12)23-11-14(3)20-18(22)21-16-9-7-15(19)8-10-16/h4-10,14H,11H2,1-3H3,(H2,20,21,22). The summed E-state index contributed by atoms with van der Waals surface area (Å²) < 4.78 is 6.98. The predicted octanol–water partition coefficient (Wildman–Crippen LogP) is 4.50. The maximum Gasteiger partial charge on any atom is 0.319 e. The molecule has 2 amide bonds. The highest BCUT2D eigenvalue weighted by atomic mass is 127. The second kappa shape index (κ2) is 8.19. The van der Waals surface area contributed by atoms with Gasteiger partial charge in [-0.3, -0.25) is 0 Å². The largest absolute Gasteiger partial charge is 0.491 e. The monoisotopic (exact) mass is 424 g/mol. The van der Waals surface area contributed by atoms with Crippen molar-refractivity contribution < 1.29 is 9.53 Å². The number of hydrogen-bond donors (Lipinski definition) is 2. The molecule has 4 nitrogen and oxygen atoms in total. The summed E-state index contributed by atoms with van der Waals surface area (Å²) in [5.41, 5.74) is 2.96. The molecule has 1 unspecified atom stereocenters. The number of halogens is 1. The highest BCUT2D eigenvalue weighted by molar-refractivity contribution is 14.1. The van der Waals surface area contributed by atoms with Crippen LogP contribution >= 0.6 is 22.6 Å². The lowest BCUT2D eigenvalue weighted by atomic mass is 10.1. The molecule has 122 valence electrons. The number of ether oxygens (including phenoxy) is 1. The first-order valence-electron chi connectivity index (χ1n) is 7.48. The number of rotatable bonds is 5. The normalized spacial score (nSPS) is 11.7. The van der Waals surface area contributed by atoms with Crippen molar-refractivity contribution in [1.29, 1.82) is 0 Å². The van der Waals surface area contributed by atoms with Crippen LogP contribution in [0.1, 0.15) is 18.1 Å². The maximum atomic E-state index is 12.0. The molecule has 0 saturated carbocycles. The van der Waals surface area contributed by atoms with Gasteiger partial charge < -0.3 is 15.4 Å². The highest BCUT2D eigenvalue weighted by Crippen LogP contribution is 2.22. The Morgan fingerprint density at radius 2 is 1.74 bits per heavy atom. The van der Waals surface area contributed by atoms with E-state index < -0.39 is 0 Å². The van der Waals surface area contributed by atoms with Gasteiger partial charge in [0.1, 0.15) is 12.4 Å². The fraction of sp³-hybridized carbons (Fsp3) is 0.278. The van der Waals surface area contributed by atoms with Crippen molar-refractivity contribution >= 4 is 34.3 Å². The summed E-state index contributed by atoms with van der Waals surface area (Å²) in [4.78, 5) is 12.0. The van der Waals surface area contributed by atoms with Crippen molar-refractivity contribution in [1.82, 2.24) is 5.32 Å². The van der Waals surface area contributed by atoms with Gasteiger partial charge in [0.2, 0.25) is 0 Å². The van der Waals surface area contributed by atoms with E-state index in [-0.39, 0.29) is 12.1 Å². The molecule has 0 aliphatic heterocycles. The Labute approximate surface area is 150 Å². The first-order chi connectivity index (χ1) is 11.0. The van der Waals surface area contributed by atoms with Crippen LogP contribution in [0.5, 0.6) is 5.75 Å². The average molecular weight is 424 g/mol. The van der Waals surface area contributed by atoms with Gasteiger partial charge in [-0.2, -0.15) is 0 Å². The van der Waals surface area contributed by atoms with Crippen LogP contribution in [0, 0.1) is 17.4 Å². The molecular formula is C18H21IN2O2. The van der Waals surface area contributed by atoms with Gasteiger partial charge in [-0.05, 0) is 78.8 Å². The number of urea groups is 1. The van der Waals surface area contributed by atoms with Crippen molar-refractivity contribution in [3.05, 3.63) is 57.2 Å². The molecule has 5 heteroatoms. The third kappa shape index (κ3) is 5.42. The third-order valence-corrected chi connectivity index (χ3v) is 4.09. The van der Waals surface area contributed by atoms with Crippen molar-refractivity contribution in [3.8, 4) is 5.75 Å². The van der Waals surface area contributed by atoms with Crippen molar-refractivity contribution in [2.75, 3.05) is 11.9 Å². The molecular weight excluding hydrogens is 403 g/mol. The molecule has 2 aromatic rings. The molecule has 2 aromatic carbocycles. The summed E-state index contributed by atoms with van der Waals surface area (Å²) >= 11 is 2.23. The minimum atomic E-state index is -0.233. The number of carbonyl (C=O) groups excluding carboxylic acids is 1. The van der Waals surface area contributed by atoms with Gasteiger partial charge >= 0.3 is 6.03 Å². The smallest absolute Gasteiger partial charge is 0.319 e. The Bertz CT molecular complexity index is 651. The topological polar surface area (TPSA) is 50.4 Å². The van der Waals surface area contributed by atoms with E-state index >= 15 is 0 Å². The van der Waals surface area contributed by atoms with Gasteiger partial charge in [-0.25, -0.2) is 4.79 Å². The Morgan fingerprint density at radius 3 is 2.35 bits per heavy atom. The minimum absolute atomic E-state index is 0.0992. The first-order valence-corrected chi connectivity index (χ1v) is 8.55. The zero-order valence-corrected chi connectivity index (χ0v) is 15.7. The van der Waals surface area contributed by atoms with Crippen molar-refractivity contribution in [3.63, 3.8) is 0 Å². The van der Waals surface area contributed by atoms with Crippen LogP contribution in [-0.4, -0.2) is 18.7 Å². The van der Waals surface area contributed by atoms with Gasteiger partial charge in [0.25, 0.3) is 0 Å². The molecule has 0 aliphatic rings. The van der Waals surface area contributed by atoms with E-state index in [0.717, 1.165) is 26.1 Å². The number of benzene rings is 2. The lowest BCUT2D eigenvalue weighted by molar-refractivity contribution is 0.236. The van der Waals surface area contributed by atoms with Crippen molar-refractivity contribution in [2.45, 2.75) is 26.8 Å². The van der Waals surface area contributed by atoms with Gasteiger partial charge in [0.05, 0.1) is 6.04 Å². The molecule has 2 rings (SSSR count). The lowest BCUT2D eigenvalue weighted by Crippen LogP contribution is -2.39. The summed E-state index contributed by atoms with van der Waals surface area (Å²) in [5.74, 6) is 0.888. The number of amides is 2. The van der Waals surface area contributed by atoms with E-state index in [1.807, 2.05) is 63.2 Å². The quantitative estimate of drug-likeness (QED) is 0.695. The molecule has 0 saturated heterocycles. The van der Waals surface area contributed by atoms with Crippen LogP contribution < -0.4 is 15.4 Å². The van der Waals surface area contributed by atoms with Crippen LogP contribution in [0.2, 0.25) is 0 Å². The molecule has 0 aliphatic carbocycles. The Morgan fingerprint density at radius 1 is 1.13 bits per heavy atom. The summed E-state index contributed by atoms with van der Waals surface area (Å²) in [6.45, 7) is 6.38. The SMILES string of the molecule is Cc1cccc(C)c1OCC(C)NC(=O)Nc1ccc(I)cc1. The number of aryl methyl sites for hydroxylation is 2. The summed E-state index contributed by atoms with van der Waals surface area (Å²) in [7, 11) is 0. The molecule has 1 atom stereocenters. The zero-order chi connectivity index (χ0) is 16.8. The molecule has 0 bridgehead atoms. The Hall–Kier alpha value is -1.76. The third-order valence-electron chi connectivity index (χ3n) is 3.37. The van der Waals surface area contributed by atoms with E-state index in [4.69, 9.17) is 4.74 Å². The number of hydrogen-bond acceptors (Lipinski definition) is 2. The first kappa shape index (κ1) is 17.6. The maximum absolute atomic E-state index is 12.0. The summed E-state index contributed by atoms with van der Waals surface area (Å²) in [5, 5.41) is 5.69. The van der Waals surface area contributed by atoms with E-state index in [1.54, 1.807) is 0 Å². The van der Waals surface area contributed by atoms with Gasteiger partial charge in [0, 0.05) is 9.26 Å². The molecule has 23 heavy (non-hydrogen) atoms. The predicted molar refractivity (Wildman–Crippen MR) is 102 cm³/mol. The van der Waals surface area contributed by atoms with Crippen LogP contribution in [0.3, 0.4) is 0 Å². The fourth-order valence-electron chi connectivity index (χ4n) is 2.20. The summed E-state index contributed by atoms with van der Waals surface area (Å²) in [6, 6.07) is 13.4. The zero-order valence-electron chi connectivity index (χ0n) is 13.5. The van der Waals surface area contributed by atoms with Crippen molar-refractivity contribution in [2.24, 2.45) is 0 Å². The van der Waals surface area contributed by atoms with Gasteiger partial charge in [0.15, 0.2) is 0 Å². The molecule has 0 fully saturated rings. The average Bonchev–Trinajstić information content (AvgIpc) is 2.49. The second-order valence-electron chi connectivity index (χ2n) is 5.54. The minimum Gasteiger partial charge on any atom is -0.491 e. The van der Waals surface area contributed by atoms with Crippen LogP contribution in [0.25, 0.3) is 0 Å². The molecule has 0 heterocycles. The molecule has 0 radical (unpaired) electrons. The van der Waals surface area contributed by atoms with Crippen LogP contribution in [-0.2, 0) is 0 Å². The number of para-hydroxylation sites is 1. The van der Waals surface area contributed by atoms with Gasteiger partial charge in [-0.15, -0.1) is 0 Å². The van der Waals surface area contributed by atoms with Crippen LogP contribution in [0.4, 0.5) is 10.5 Å². The fourth-order valence-corrected chi connectivity index (χ4v) is 2.56. The number of carbonyl (C=O) groups is 1. The van der Waals surface area contributed by atoms with E-state index in [9.17, 15) is 4.79 Å². The Kier molecular flexibility index (Phi) is 6.27. The number of anilines is 1. The van der Waals surface area contributed by atoms with E-state index in [1.165, 1.54) is 0 Å². The lowest BCUT2D eigenvalue weighted by Gasteiger charge is -2.18. The van der Waals surface area contributed by atoms with E-state index in [2.05, 4.69) is 33.2 Å². The van der Waals surface area contributed by atoms with Gasteiger partial charge in [-0.1, -0.05) is 18.2 Å². The van der Waals surface area contributed by atoms with Crippen LogP contribution in [0.15, 0.2) is 42.5 Å². The molecule has 0 spiro atoms. The number of nitrogens with one attached hydrogen (secondary N) is 2. The summed E-state index contributed by atoms with van der Waals surface area (Å²) in [6.07, 6.45) is 0. The second-order valence-corrected chi connectivity index (χ2v) is 6.78. The highest BCUT2D eigenvalue weighted by Gasteiger charge is 2.10.